The first-order chi connectivity index (χ1) is 18.1. The zero-order valence-corrected chi connectivity index (χ0v) is 20.6. The SMILES string of the molecule is O=C(Nc1ccc(C(=O)N2CCCC2)nc1)c1n[nH]c2ccc(-c3cncc(CN4CCCC4)c3)cc12. The number of likely N-dealkylation sites (tertiary alicyclic amines) is 2. The van der Waals surface area contributed by atoms with Crippen LogP contribution in [0.2, 0.25) is 0 Å². The number of amides is 2. The molecule has 188 valence electrons. The fraction of sp³-hybridized carbons (Fsp3) is 0.321. The summed E-state index contributed by atoms with van der Waals surface area (Å²) in [4.78, 5) is 38.6. The van der Waals surface area contributed by atoms with Gasteiger partial charge in [0, 0.05) is 43.0 Å². The number of aromatic amines is 1. The van der Waals surface area contributed by atoms with Gasteiger partial charge >= 0.3 is 0 Å². The van der Waals surface area contributed by atoms with Crippen molar-refractivity contribution < 1.29 is 9.59 Å². The molecule has 2 fully saturated rings. The van der Waals surface area contributed by atoms with Crippen LogP contribution in [0.1, 0.15) is 52.2 Å². The summed E-state index contributed by atoms with van der Waals surface area (Å²) in [5, 5.41) is 10.8. The molecule has 0 bridgehead atoms. The summed E-state index contributed by atoms with van der Waals surface area (Å²) in [7, 11) is 0. The largest absolute Gasteiger partial charge is 0.337 e. The lowest BCUT2D eigenvalue weighted by Crippen LogP contribution is -2.28. The maximum Gasteiger partial charge on any atom is 0.276 e. The summed E-state index contributed by atoms with van der Waals surface area (Å²) in [5.74, 6) is -0.412. The predicted molar refractivity (Wildman–Crippen MR) is 141 cm³/mol. The van der Waals surface area contributed by atoms with Crippen LogP contribution in [0.5, 0.6) is 0 Å². The molecule has 2 N–H and O–H groups in total. The minimum absolute atomic E-state index is 0.0693. The zero-order chi connectivity index (χ0) is 25.2. The van der Waals surface area contributed by atoms with Gasteiger partial charge in [0.15, 0.2) is 5.69 Å². The molecule has 5 heterocycles. The number of anilines is 1. The molecule has 1 aromatic carbocycles. The normalized spacial score (nSPS) is 15.9. The number of rotatable bonds is 6. The number of benzene rings is 1. The second-order valence-electron chi connectivity index (χ2n) is 9.78. The van der Waals surface area contributed by atoms with E-state index in [2.05, 4.69) is 36.4 Å². The fourth-order valence-corrected chi connectivity index (χ4v) is 5.16. The monoisotopic (exact) mass is 495 g/mol. The molecular weight excluding hydrogens is 466 g/mol. The van der Waals surface area contributed by atoms with E-state index in [1.807, 2.05) is 35.5 Å². The number of nitrogens with one attached hydrogen (secondary N) is 2. The Morgan fingerprint density at radius 3 is 2.49 bits per heavy atom. The summed E-state index contributed by atoms with van der Waals surface area (Å²) in [6.45, 7) is 4.71. The molecule has 6 rings (SSSR count). The first kappa shape index (κ1) is 23.3. The second kappa shape index (κ2) is 10.1. The maximum absolute atomic E-state index is 13.1. The quantitative estimate of drug-likeness (QED) is 0.417. The van der Waals surface area contributed by atoms with Crippen molar-refractivity contribution in [2.45, 2.75) is 32.2 Å². The van der Waals surface area contributed by atoms with E-state index in [0.29, 0.717) is 17.1 Å². The van der Waals surface area contributed by atoms with Crippen LogP contribution in [0.3, 0.4) is 0 Å². The summed E-state index contributed by atoms with van der Waals surface area (Å²) in [6.07, 6.45) is 9.86. The summed E-state index contributed by atoms with van der Waals surface area (Å²) in [6, 6.07) is 11.4. The third-order valence-electron chi connectivity index (χ3n) is 7.14. The minimum atomic E-state index is -0.343. The minimum Gasteiger partial charge on any atom is -0.337 e. The fourth-order valence-electron chi connectivity index (χ4n) is 5.16. The van der Waals surface area contributed by atoms with Crippen LogP contribution in [0.4, 0.5) is 5.69 Å². The number of pyridine rings is 2. The van der Waals surface area contributed by atoms with Gasteiger partial charge in [-0.1, -0.05) is 6.07 Å². The van der Waals surface area contributed by atoms with Crippen LogP contribution < -0.4 is 5.32 Å². The van der Waals surface area contributed by atoms with Crippen LogP contribution in [0, 0.1) is 0 Å². The van der Waals surface area contributed by atoms with E-state index in [1.165, 1.54) is 24.6 Å². The Kier molecular flexibility index (Phi) is 6.36. The third-order valence-corrected chi connectivity index (χ3v) is 7.14. The van der Waals surface area contributed by atoms with E-state index in [9.17, 15) is 9.59 Å². The van der Waals surface area contributed by atoms with Crippen molar-refractivity contribution in [2.75, 3.05) is 31.5 Å². The van der Waals surface area contributed by atoms with Crippen LogP contribution in [0.15, 0.2) is 55.0 Å². The zero-order valence-electron chi connectivity index (χ0n) is 20.6. The molecule has 2 saturated heterocycles. The molecule has 0 spiro atoms. The van der Waals surface area contributed by atoms with Crippen LogP contribution in [-0.4, -0.2) is 68.0 Å². The summed E-state index contributed by atoms with van der Waals surface area (Å²) in [5.41, 5.74) is 5.14. The Bertz CT molecular complexity index is 1430. The van der Waals surface area contributed by atoms with Gasteiger partial charge in [-0.15, -0.1) is 0 Å². The molecule has 2 aliphatic rings. The molecule has 9 nitrogen and oxygen atoms in total. The molecule has 3 aromatic heterocycles. The lowest BCUT2D eigenvalue weighted by Gasteiger charge is -2.14. The van der Waals surface area contributed by atoms with Crippen LogP contribution in [-0.2, 0) is 6.54 Å². The number of nitrogens with zero attached hydrogens (tertiary/aromatic N) is 5. The van der Waals surface area contributed by atoms with Crippen molar-refractivity contribution in [2.24, 2.45) is 0 Å². The molecule has 2 aliphatic heterocycles. The number of carbonyl (C=O) groups excluding carboxylic acids is 2. The van der Waals surface area contributed by atoms with Gasteiger partial charge in [-0.25, -0.2) is 4.98 Å². The summed E-state index contributed by atoms with van der Waals surface area (Å²) >= 11 is 0. The number of aromatic nitrogens is 4. The average molecular weight is 496 g/mol. The first-order valence-electron chi connectivity index (χ1n) is 12.9. The number of hydrogen-bond acceptors (Lipinski definition) is 6. The molecule has 0 saturated carbocycles. The van der Waals surface area contributed by atoms with Crippen molar-refractivity contribution in [1.29, 1.82) is 0 Å². The standard InChI is InChI=1S/C28H29N7O2/c36-27(31-22-6-8-25(30-17-22)28(37)35-11-3-4-12-35)26-23-14-20(5-7-24(23)32-33-26)21-13-19(15-29-16-21)18-34-9-1-2-10-34/h5-8,13-17H,1-4,9-12,18H2,(H,31,36)(H,32,33). The smallest absolute Gasteiger partial charge is 0.276 e. The molecule has 2 amide bonds. The van der Waals surface area contributed by atoms with Crippen molar-refractivity contribution in [3.63, 3.8) is 0 Å². The molecule has 0 atom stereocenters. The molecule has 4 aromatic rings. The molecule has 0 unspecified atom stereocenters. The van der Waals surface area contributed by atoms with E-state index in [0.717, 1.165) is 67.6 Å². The van der Waals surface area contributed by atoms with Gasteiger partial charge in [-0.2, -0.15) is 5.10 Å². The van der Waals surface area contributed by atoms with E-state index in [1.54, 1.807) is 12.1 Å². The van der Waals surface area contributed by atoms with Crippen molar-refractivity contribution in [1.82, 2.24) is 30.0 Å². The Labute approximate surface area is 214 Å². The molecule has 0 aliphatic carbocycles. The molecule has 9 heteroatoms. The van der Waals surface area contributed by atoms with E-state index in [4.69, 9.17) is 0 Å². The van der Waals surface area contributed by atoms with Crippen LogP contribution >= 0.6 is 0 Å². The van der Waals surface area contributed by atoms with Gasteiger partial charge in [0.25, 0.3) is 11.8 Å². The highest BCUT2D eigenvalue weighted by Crippen LogP contribution is 2.27. The van der Waals surface area contributed by atoms with Crippen LogP contribution in [0.25, 0.3) is 22.0 Å². The Hall–Kier alpha value is -4.11. The van der Waals surface area contributed by atoms with E-state index < -0.39 is 0 Å². The van der Waals surface area contributed by atoms with Crippen molar-refractivity contribution in [3.05, 3.63) is 71.9 Å². The predicted octanol–water partition coefficient (Wildman–Crippen LogP) is 4.10. The number of H-pyrrole nitrogens is 1. The van der Waals surface area contributed by atoms with Crippen molar-refractivity contribution >= 4 is 28.4 Å². The highest BCUT2D eigenvalue weighted by atomic mass is 16.2. The number of fused-ring (bicyclic) bond motifs is 1. The molecular formula is C28H29N7O2. The Morgan fingerprint density at radius 1 is 0.892 bits per heavy atom. The van der Waals surface area contributed by atoms with Gasteiger partial charge in [0.2, 0.25) is 0 Å². The number of hydrogen-bond donors (Lipinski definition) is 2. The Morgan fingerprint density at radius 2 is 1.70 bits per heavy atom. The van der Waals surface area contributed by atoms with Gasteiger partial charge in [0.1, 0.15) is 5.69 Å². The Balaban J connectivity index is 1.19. The third kappa shape index (κ3) is 4.95. The van der Waals surface area contributed by atoms with Gasteiger partial charge in [-0.05, 0) is 80.2 Å². The lowest BCUT2D eigenvalue weighted by molar-refractivity contribution is 0.0787. The molecule has 37 heavy (non-hydrogen) atoms. The van der Waals surface area contributed by atoms with Gasteiger partial charge < -0.3 is 10.2 Å². The maximum atomic E-state index is 13.1. The number of carbonyl (C=O) groups is 2. The average Bonchev–Trinajstić information content (AvgIpc) is 3.71. The van der Waals surface area contributed by atoms with Crippen molar-refractivity contribution in [3.8, 4) is 11.1 Å². The van der Waals surface area contributed by atoms with Gasteiger partial charge in [-0.3, -0.25) is 24.6 Å². The topological polar surface area (TPSA) is 107 Å². The second-order valence-corrected chi connectivity index (χ2v) is 9.78. The summed E-state index contributed by atoms with van der Waals surface area (Å²) < 4.78 is 0. The lowest BCUT2D eigenvalue weighted by atomic mass is 10.0. The molecule has 0 radical (unpaired) electrons. The highest BCUT2D eigenvalue weighted by molar-refractivity contribution is 6.11. The van der Waals surface area contributed by atoms with E-state index >= 15 is 0 Å². The first-order valence-corrected chi connectivity index (χ1v) is 12.9. The van der Waals surface area contributed by atoms with E-state index in [-0.39, 0.29) is 11.8 Å². The van der Waals surface area contributed by atoms with Gasteiger partial charge in [0.05, 0.1) is 17.4 Å². The highest BCUT2D eigenvalue weighted by Gasteiger charge is 2.21.